The molecule has 12 heavy (non-hydrogen) atoms. The fourth-order valence-electron chi connectivity index (χ4n) is 0.439. The molecule has 0 amide bonds. The summed E-state index contributed by atoms with van der Waals surface area (Å²) < 4.78 is 4.36. The number of carbonyl (C=O) groups excluding carboxylic acids is 2. The maximum absolute atomic E-state index is 10.8. The Bertz CT molecular complexity index is 157. The summed E-state index contributed by atoms with van der Waals surface area (Å²) in [6, 6.07) is 0. The molecule has 1 unspecified atom stereocenters. The van der Waals surface area contributed by atoms with Crippen LogP contribution in [-0.2, 0) is 14.3 Å². The number of aliphatic carboxylic acids is 1. The van der Waals surface area contributed by atoms with E-state index >= 15 is 0 Å². The molecule has 0 saturated carbocycles. The van der Waals surface area contributed by atoms with Gasteiger partial charge in [0.1, 0.15) is 6.61 Å². The van der Waals surface area contributed by atoms with Crippen molar-refractivity contribution in [3.63, 3.8) is 0 Å². The second-order valence-corrected chi connectivity index (χ2v) is 2.29. The van der Waals surface area contributed by atoms with Gasteiger partial charge in [0.05, 0.1) is 11.9 Å². The van der Waals surface area contributed by atoms with Crippen LogP contribution in [0.2, 0.25) is 0 Å². The Kier molecular flexibility index (Phi) is 9.14. The van der Waals surface area contributed by atoms with E-state index in [1.165, 1.54) is 0 Å². The van der Waals surface area contributed by atoms with Crippen LogP contribution in [-0.4, -0.2) is 18.5 Å². The minimum absolute atomic E-state index is 0. The monoisotopic (exact) mass is 182 g/mol. The van der Waals surface area contributed by atoms with Crippen molar-refractivity contribution in [1.29, 1.82) is 0 Å². The number of hydrogen-bond acceptors (Lipinski definition) is 4. The largest absolute Gasteiger partial charge is 1.00 e. The molecular formula is C7H11NaO4. The average molecular weight is 182 g/mol. The number of esters is 1. The third kappa shape index (κ3) is 6.64. The summed E-state index contributed by atoms with van der Waals surface area (Å²) in [5.41, 5.74) is 0. The normalized spacial score (nSPS) is 11.2. The number of carbonyl (C=O) groups is 2. The molecule has 4 nitrogen and oxygen atoms in total. The van der Waals surface area contributed by atoms with Crippen molar-refractivity contribution in [2.75, 3.05) is 6.61 Å². The predicted molar refractivity (Wildman–Crippen MR) is 35.4 cm³/mol. The van der Waals surface area contributed by atoms with E-state index in [0.717, 1.165) is 0 Å². The first-order valence-corrected chi connectivity index (χ1v) is 3.44. The Morgan fingerprint density at radius 2 is 2.00 bits per heavy atom. The zero-order valence-corrected chi connectivity index (χ0v) is 9.62. The third-order valence-electron chi connectivity index (χ3n) is 1.35. The predicted octanol–water partition coefficient (Wildman–Crippen LogP) is -3.67. The van der Waals surface area contributed by atoms with Gasteiger partial charge in [0.15, 0.2) is 0 Å². The van der Waals surface area contributed by atoms with Crippen molar-refractivity contribution in [2.24, 2.45) is 5.92 Å². The van der Waals surface area contributed by atoms with E-state index in [0.29, 0.717) is 6.42 Å². The minimum atomic E-state index is -1.37. The quantitative estimate of drug-likeness (QED) is 0.332. The van der Waals surface area contributed by atoms with Crippen molar-refractivity contribution in [1.82, 2.24) is 0 Å². The van der Waals surface area contributed by atoms with Crippen molar-refractivity contribution < 1.29 is 49.0 Å². The van der Waals surface area contributed by atoms with E-state index in [1.807, 2.05) is 6.92 Å². The molecule has 64 valence electrons. The maximum Gasteiger partial charge on any atom is 1.00 e. The zero-order chi connectivity index (χ0) is 8.85. The SMILES string of the molecule is CCC(C)C(=O)OCC(=O)[O-].[Na+]. The van der Waals surface area contributed by atoms with Crippen LogP contribution in [0.4, 0.5) is 0 Å². The van der Waals surface area contributed by atoms with Crippen LogP contribution in [0.25, 0.3) is 0 Å². The van der Waals surface area contributed by atoms with Gasteiger partial charge in [0.25, 0.3) is 0 Å². The summed E-state index contributed by atoms with van der Waals surface area (Å²) in [6.07, 6.45) is 0.645. The molecule has 0 aliphatic carbocycles. The van der Waals surface area contributed by atoms with Crippen molar-refractivity contribution in [3.05, 3.63) is 0 Å². The van der Waals surface area contributed by atoms with Crippen LogP contribution in [0, 0.1) is 5.92 Å². The summed E-state index contributed by atoms with van der Waals surface area (Å²) >= 11 is 0. The number of ether oxygens (including phenoxy) is 1. The molecule has 0 spiro atoms. The number of hydrogen-bond donors (Lipinski definition) is 0. The van der Waals surface area contributed by atoms with Gasteiger partial charge in [-0.05, 0) is 6.42 Å². The first kappa shape index (κ1) is 14.5. The molecule has 0 N–H and O–H groups in total. The Morgan fingerprint density at radius 3 is 2.33 bits per heavy atom. The fourth-order valence-corrected chi connectivity index (χ4v) is 0.439. The summed E-state index contributed by atoms with van der Waals surface area (Å²) in [5.74, 6) is -2.10. The average Bonchev–Trinajstić information content (AvgIpc) is 1.98. The summed E-state index contributed by atoms with van der Waals surface area (Å²) in [4.78, 5) is 20.6. The van der Waals surface area contributed by atoms with Gasteiger partial charge in [-0.15, -0.1) is 0 Å². The molecular weight excluding hydrogens is 171 g/mol. The first-order valence-electron chi connectivity index (χ1n) is 3.44. The molecule has 0 aromatic rings. The number of rotatable bonds is 4. The second-order valence-electron chi connectivity index (χ2n) is 2.29. The van der Waals surface area contributed by atoms with E-state index < -0.39 is 18.5 Å². The topological polar surface area (TPSA) is 66.4 Å². The first-order chi connectivity index (χ1) is 5.07. The molecule has 0 heterocycles. The van der Waals surface area contributed by atoms with Crippen molar-refractivity contribution >= 4 is 11.9 Å². The molecule has 5 heteroatoms. The molecule has 0 aromatic heterocycles. The van der Waals surface area contributed by atoms with Gasteiger partial charge in [-0.1, -0.05) is 13.8 Å². The van der Waals surface area contributed by atoms with Gasteiger partial charge in [0, 0.05) is 0 Å². The van der Waals surface area contributed by atoms with E-state index in [-0.39, 0.29) is 35.5 Å². The maximum atomic E-state index is 10.8. The van der Waals surface area contributed by atoms with Gasteiger partial charge in [0.2, 0.25) is 0 Å². The Hall–Kier alpha value is -0.0600. The molecule has 1 atom stereocenters. The summed E-state index contributed by atoms with van der Waals surface area (Å²) in [7, 11) is 0. The standard InChI is InChI=1S/C7H12O4.Na/c1-3-5(2)7(10)11-4-6(8)9;/h5H,3-4H2,1-2H3,(H,8,9);/q;+1/p-1. The second kappa shape index (κ2) is 7.58. The number of carboxylic acid groups (broad SMARTS) is 1. The van der Waals surface area contributed by atoms with Crippen LogP contribution in [0.5, 0.6) is 0 Å². The molecule has 0 aromatic carbocycles. The molecule has 0 aliphatic rings. The molecule has 0 radical (unpaired) electrons. The van der Waals surface area contributed by atoms with Gasteiger partial charge in [-0.3, -0.25) is 4.79 Å². The molecule has 0 fully saturated rings. The van der Waals surface area contributed by atoms with E-state index in [9.17, 15) is 14.7 Å². The van der Waals surface area contributed by atoms with E-state index in [4.69, 9.17) is 0 Å². The fraction of sp³-hybridized carbons (Fsp3) is 0.714. The van der Waals surface area contributed by atoms with Gasteiger partial charge in [-0.25, -0.2) is 0 Å². The molecule has 0 aliphatic heterocycles. The molecule has 0 bridgehead atoms. The van der Waals surface area contributed by atoms with Gasteiger partial charge < -0.3 is 14.6 Å². The van der Waals surface area contributed by atoms with Crippen molar-refractivity contribution in [2.45, 2.75) is 20.3 Å². The van der Waals surface area contributed by atoms with Crippen LogP contribution in [0.1, 0.15) is 20.3 Å². The molecule has 0 rings (SSSR count). The minimum Gasteiger partial charge on any atom is -0.546 e. The van der Waals surface area contributed by atoms with Crippen LogP contribution >= 0.6 is 0 Å². The Morgan fingerprint density at radius 1 is 1.50 bits per heavy atom. The zero-order valence-electron chi connectivity index (χ0n) is 7.62. The molecule has 0 saturated heterocycles. The van der Waals surface area contributed by atoms with E-state index in [2.05, 4.69) is 4.74 Å². The van der Waals surface area contributed by atoms with Crippen LogP contribution in [0.3, 0.4) is 0 Å². The smallest absolute Gasteiger partial charge is 0.546 e. The summed E-state index contributed by atoms with van der Waals surface area (Å²) in [6.45, 7) is 2.85. The van der Waals surface area contributed by atoms with Crippen LogP contribution in [0.15, 0.2) is 0 Å². The van der Waals surface area contributed by atoms with E-state index in [1.54, 1.807) is 6.92 Å². The number of carboxylic acids is 1. The van der Waals surface area contributed by atoms with Gasteiger partial charge in [-0.2, -0.15) is 0 Å². The van der Waals surface area contributed by atoms with Crippen molar-refractivity contribution in [3.8, 4) is 0 Å². The Balaban J connectivity index is 0. The third-order valence-corrected chi connectivity index (χ3v) is 1.35. The van der Waals surface area contributed by atoms with Gasteiger partial charge >= 0.3 is 35.5 Å². The Labute approximate surface area is 93.6 Å². The summed E-state index contributed by atoms with van der Waals surface area (Å²) in [5, 5.41) is 9.83. The van der Waals surface area contributed by atoms with Crippen LogP contribution < -0.4 is 34.7 Å².